The molecule has 0 spiro atoms. The highest BCUT2D eigenvalue weighted by Gasteiger charge is 2.30. The maximum absolute atomic E-state index is 12.7. The minimum Gasteiger partial charge on any atom is -0.339 e. The van der Waals surface area contributed by atoms with Gasteiger partial charge in [0.1, 0.15) is 0 Å². The molecule has 1 aromatic rings. The molecule has 3 amide bonds. The van der Waals surface area contributed by atoms with E-state index in [0.717, 1.165) is 38.0 Å². The number of likely N-dealkylation sites (tertiary alicyclic amines) is 1. The third-order valence-corrected chi connectivity index (χ3v) is 5.45. The summed E-state index contributed by atoms with van der Waals surface area (Å²) >= 11 is 0. The first-order valence-electron chi connectivity index (χ1n) is 9.43. The summed E-state index contributed by atoms with van der Waals surface area (Å²) in [6, 6.07) is 7.45. The first-order chi connectivity index (χ1) is 12.6. The Kier molecular flexibility index (Phi) is 6.04. The number of nitrogens with one attached hydrogen (secondary N) is 2. The number of carbonyl (C=O) groups is 3. The summed E-state index contributed by atoms with van der Waals surface area (Å²) in [6.45, 7) is 2.67. The molecule has 0 aliphatic carbocycles. The van der Waals surface area contributed by atoms with Gasteiger partial charge in [-0.25, -0.2) is 0 Å². The van der Waals surface area contributed by atoms with Crippen molar-refractivity contribution >= 4 is 17.7 Å². The molecule has 0 aromatic heterocycles. The Bertz CT molecular complexity index is 663. The number of piperidine rings is 1. The van der Waals surface area contributed by atoms with Crippen LogP contribution < -0.4 is 10.6 Å². The highest BCUT2D eigenvalue weighted by atomic mass is 16.2. The Hall–Kier alpha value is -2.21. The summed E-state index contributed by atoms with van der Waals surface area (Å²) in [4.78, 5) is 37.5. The Morgan fingerprint density at radius 3 is 2.46 bits per heavy atom. The van der Waals surface area contributed by atoms with E-state index < -0.39 is 0 Å². The molecule has 1 atom stereocenters. The minimum atomic E-state index is -0.291. The van der Waals surface area contributed by atoms with E-state index >= 15 is 0 Å². The van der Waals surface area contributed by atoms with Crippen LogP contribution in [0, 0.1) is 11.8 Å². The van der Waals surface area contributed by atoms with Gasteiger partial charge in [0.05, 0.1) is 5.92 Å². The van der Waals surface area contributed by atoms with Gasteiger partial charge in [-0.05, 0) is 62.9 Å². The van der Waals surface area contributed by atoms with Gasteiger partial charge in [-0.2, -0.15) is 0 Å². The van der Waals surface area contributed by atoms with Crippen molar-refractivity contribution in [2.75, 3.05) is 26.7 Å². The quantitative estimate of drug-likeness (QED) is 0.754. The number of nitrogens with zero attached hydrogens (tertiary/aromatic N) is 1. The first-order valence-corrected chi connectivity index (χ1v) is 9.43. The molecule has 6 nitrogen and oxygen atoms in total. The fourth-order valence-corrected chi connectivity index (χ4v) is 3.80. The maximum Gasteiger partial charge on any atom is 0.253 e. The van der Waals surface area contributed by atoms with Crippen LogP contribution in [0.5, 0.6) is 0 Å². The monoisotopic (exact) mass is 357 g/mol. The van der Waals surface area contributed by atoms with E-state index in [1.807, 2.05) is 36.2 Å². The van der Waals surface area contributed by atoms with Crippen molar-refractivity contribution in [1.29, 1.82) is 0 Å². The van der Waals surface area contributed by atoms with Crippen LogP contribution in [-0.2, 0) is 16.0 Å². The molecule has 2 aliphatic heterocycles. The lowest BCUT2D eigenvalue weighted by molar-refractivity contribution is -0.125. The van der Waals surface area contributed by atoms with Crippen molar-refractivity contribution in [3.63, 3.8) is 0 Å². The summed E-state index contributed by atoms with van der Waals surface area (Å²) in [5, 5.41) is 5.52. The number of amides is 3. The normalized spacial score (nSPS) is 21.1. The SMILES string of the molecule is CNCCC1CCN(C(=O)c2ccc(CC3CC(=O)NC3=O)cc2)CC1. The fraction of sp³-hybridized carbons (Fsp3) is 0.550. The number of imide groups is 1. The van der Waals surface area contributed by atoms with Gasteiger partial charge in [-0.1, -0.05) is 12.1 Å². The molecule has 3 rings (SSSR count). The molecule has 26 heavy (non-hydrogen) atoms. The summed E-state index contributed by atoms with van der Waals surface area (Å²) in [5.41, 5.74) is 1.66. The highest BCUT2D eigenvalue weighted by Crippen LogP contribution is 2.22. The lowest BCUT2D eigenvalue weighted by Crippen LogP contribution is -2.38. The van der Waals surface area contributed by atoms with E-state index in [2.05, 4.69) is 10.6 Å². The second kappa shape index (κ2) is 8.45. The van der Waals surface area contributed by atoms with E-state index in [1.165, 1.54) is 6.42 Å². The van der Waals surface area contributed by atoms with Gasteiger partial charge in [0.2, 0.25) is 11.8 Å². The average molecular weight is 357 g/mol. The van der Waals surface area contributed by atoms with Crippen LogP contribution in [0.15, 0.2) is 24.3 Å². The zero-order valence-electron chi connectivity index (χ0n) is 15.3. The Morgan fingerprint density at radius 1 is 1.19 bits per heavy atom. The van der Waals surface area contributed by atoms with Crippen molar-refractivity contribution in [3.05, 3.63) is 35.4 Å². The Balaban J connectivity index is 1.53. The predicted octanol–water partition coefficient (Wildman–Crippen LogP) is 1.35. The third kappa shape index (κ3) is 4.49. The molecule has 0 radical (unpaired) electrons. The smallest absolute Gasteiger partial charge is 0.253 e. The molecule has 0 saturated carbocycles. The molecule has 1 aromatic carbocycles. The van der Waals surface area contributed by atoms with Crippen LogP contribution >= 0.6 is 0 Å². The topological polar surface area (TPSA) is 78.5 Å². The summed E-state index contributed by atoms with van der Waals surface area (Å²) < 4.78 is 0. The molecule has 2 heterocycles. The molecule has 2 aliphatic rings. The average Bonchev–Trinajstić information content (AvgIpc) is 2.97. The number of hydrogen-bond acceptors (Lipinski definition) is 4. The van der Waals surface area contributed by atoms with Crippen LogP contribution in [0.1, 0.15) is 41.6 Å². The zero-order chi connectivity index (χ0) is 18.5. The minimum absolute atomic E-state index is 0.0809. The van der Waals surface area contributed by atoms with E-state index in [1.54, 1.807) is 0 Å². The molecular weight excluding hydrogens is 330 g/mol. The van der Waals surface area contributed by atoms with Crippen molar-refractivity contribution in [3.8, 4) is 0 Å². The van der Waals surface area contributed by atoms with Gasteiger partial charge in [0, 0.05) is 25.1 Å². The molecule has 6 heteroatoms. The van der Waals surface area contributed by atoms with Crippen LogP contribution in [0.25, 0.3) is 0 Å². The van der Waals surface area contributed by atoms with Gasteiger partial charge < -0.3 is 10.2 Å². The number of benzene rings is 1. The second-order valence-corrected chi connectivity index (χ2v) is 7.34. The second-order valence-electron chi connectivity index (χ2n) is 7.34. The van der Waals surface area contributed by atoms with Gasteiger partial charge in [-0.15, -0.1) is 0 Å². The molecule has 0 bridgehead atoms. The van der Waals surface area contributed by atoms with E-state index in [0.29, 0.717) is 17.9 Å². The molecular formula is C20H27N3O3. The van der Waals surface area contributed by atoms with Gasteiger partial charge in [0.15, 0.2) is 0 Å². The third-order valence-electron chi connectivity index (χ3n) is 5.45. The lowest BCUT2D eigenvalue weighted by Gasteiger charge is -2.32. The lowest BCUT2D eigenvalue weighted by atomic mass is 9.93. The Labute approximate surface area is 154 Å². The van der Waals surface area contributed by atoms with Crippen LogP contribution in [0.3, 0.4) is 0 Å². The molecule has 2 fully saturated rings. The van der Waals surface area contributed by atoms with Crippen LogP contribution in [0.4, 0.5) is 0 Å². The summed E-state index contributed by atoms with van der Waals surface area (Å²) in [7, 11) is 1.97. The van der Waals surface area contributed by atoms with E-state index in [4.69, 9.17) is 0 Å². The van der Waals surface area contributed by atoms with Crippen LogP contribution in [0.2, 0.25) is 0 Å². The number of rotatable bonds is 6. The largest absolute Gasteiger partial charge is 0.339 e. The number of hydrogen-bond donors (Lipinski definition) is 2. The zero-order valence-corrected chi connectivity index (χ0v) is 15.3. The fourth-order valence-electron chi connectivity index (χ4n) is 3.80. The highest BCUT2D eigenvalue weighted by molar-refractivity contribution is 6.03. The van der Waals surface area contributed by atoms with E-state index in [9.17, 15) is 14.4 Å². The number of carbonyl (C=O) groups excluding carboxylic acids is 3. The van der Waals surface area contributed by atoms with Gasteiger partial charge in [-0.3, -0.25) is 19.7 Å². The molecule has 140 valence electrons. The van der Waals surface area contributed by atoms with Crippen molar-refractivity contribution < 1.29 is 14.4 Å². The first kappa shape index (κ1) is 18.6. The molecule has 1 unspecified atom stereocenters. The van der Waals surface area contributed by atoms with Crippen molar-refractivity contribution in [2.45, 2.75) is 32.1 Å². The van der Waals surface area contributed by atoms with Crippen molar-refractivity contribution in [1.82, 2.24) is 15.5 Å². The predicted molar refractivity (Wildman–Crippen MR) is 98.6 cm³/mol. The maximum atomic E-state index is 12.7. The van der Waals surface area contributed by atoms with E-state index in [-0.39, 0.29) is 30.1 Å². The van der Waals surface area contributed by atoms with Gasteiger partial charge >= 0.3 is 0 Å². The summed E-state index contributed by atoms with van der Waals surface area (Å²) in [6.07, 6.45) is 4.09. The van der Waals surface area contributed by atoms with Crippen molar-refractivity contribution in [2.24, 2.45) is 11.8 Å². The van der Waals surface area contributed by atoms with Crippen LogP contribution in [-0.4, -0.2) is 49.3 Å². The Morgan fingerprint density at radius 2 is 1.88 bits per heavy atom. The van der Waals surface area contributed by atoms with Gasteiger partial charge in [0.25, 0.3) is 5.91 Å². The summed E-state index contributed by atoms with van der Waals surface area (Å²) in [5.74, 6) is 0.0912. The molecule has 2 N–H and O–H groups in total. The molecule has 2 saturated heterocycles. The standard InChI is InChI=1S/C20H27N3O3/c1-21-9-6-14-7-10-23(11-8-14)20(26)16-4-2-15(3-5-16)12-17-13-18(24)22-19(17)25/h2-5,14,17,21H,6-13H2,1H3,(H,22,24,25).